The summed E-state index contributed by atoms with van der Waals surface area (Å²) in [5.74, 6) is 0. The second-order valence-electron chi connectivity index (χ2n) is 0. The van der Waals surface area contributed by atoms with Gasteiger partial charge in [0.2, 0.25) is 0 Å². The first-order valence-electron chi connectivity index (χ1n) is 0. The normalized spacial score (nSPS) is 0. The Kier molecular flexibility index (Phi) is 366. The molecule has 0 aliphatic heterocycles. The minimum Gasteiger partial charge on any atom is 0 e. The molecule has 0 N–H and O–H groups in total. The molecule has 0 spiro atoms. The van der Waals surface area contributed by atoms with Gasteiger partial charge in [-0.05, 0) is 0 Å². The van der Waals surface area contributed by atoms with E-state index in [1.54, 1.807) is 0 Å². The van der Waals surface area contributed by atoms with Crippen molar-refractivity contribution in [3.63, 3.8) is 0 Å². The predicted molar refractivity (Wildman–Crippen MR) is 35.6 cm³/mol. The maximum Gasteiger partial charge on any atom is 0 e. The van der Waals surface area contributed by atoms with E-state index in [-0.39, 0.29) is 162 Å². The van der Waals surface area contributed by atoms with Crippen LogP contribution in [-0.4, -0.2) is 93.5 Å². The summed E-state index contributed by atoms with van der Waals surface area (Å²) in [5, 5.41) is 0. The van der Waals surface area contributed by atoms with Gasteiger partial charge >= 0.3 is 67.7 Å². The molecule has 7 heteroatoms. The Labute approximate surface area is 158 Å². The van der Waals surface area contributed by atoms with Gasteiger partial charge in [-0.2, -0.15) is 0 Å². The molecule has 0 aromatic heterocycles. The van der Waals surface area contributed by atoms with E-state index >= 15 is 0 Å². The van der Waals surface area contributed by atoms with Gasteiger partial charge in [-0.3, -0.25) is 0 Å². The van der Waals surface area contributed by atoms with Crippen LogP contribution >= 0.6 is 0 Å². The molecule has 0 amide bonds. The molecule has 0 nitrogen and oxygen atoms in total. The van der Waals surface area contributed by atoms with Gasteiger partial charge in [0, 0.05) is 68.7 Å². The molecule has 0 saturated carbocycles. The molecular formula is H9AlBBaLiNiYZn. The molecule has 0 saturated heterocycles. The zero-order chi connectivity index (χ0) is 0. The summed E-state index contributed by atoms with van der Waals surface area (Å²) in [6.45, 7) is 0. The summed E-state index contributed by atoms with van der Waals surface area (Å²) < 4.78 is 0. The zero-order valence-electron chi connectivity index (χ0n) is 1.60. The Morgan fingerprint density at radius 3 is 1.00 bits per heavy atom. The maximum atomic E-state index is 0. The van der Waals surface area contributed by atoms with Crippen molar-refractivity contribution < 1.29 is 68.7 Å². The van der Waals surface area contributed by atoms with Crippen LogP contribution in [0.2, 0.25) is 0 Å². The summed E-state index contributed by atoms with van der Waals surface area (Å²) in [7, 11) is 0. The molecule has 0 atom stereocenters. The van der Waals surface area contributed by atoms with Crippen LogP contribution in [0.25, 0.3) is 0 Å². The van der Waals surface area contributed by atoms with Crippen LogP contribution in [-0.2, 0) is 68.7 Å². The van der Waals surface area contributed by atoms with Crippen LogP contribution in [0, 0.1) is 0 Å². The molecule has 0 unspecified atom stereocenters. The third-order valence-electron chi connectivity index (χ3n) is 0. The van der Waals surface area contributed by atoms with Crippen molar-refractivity contribution in [3.05, 3.63) is 0 Å². The topological polar surface area (TPSA) is 0 Å². The Balaban J connectivity index is 0. The first kappa shape index (κ1) is 58.2. The second-order valence-corrected chi connectivity index (χ2v) is 0. The van der Waals surface area contributed by atoms with Gasteiger partial charge in [0.25, 0.3) is 0 Å². The largest absolute Gasteiger partial charge is 0 e. The van der Waals surface area contributed by atoms with Crippen LogP contribution in [0.5, 0.6) is 0 Å². The molecule has 7 heavy (non-hydrogen) atoms. The molecule has 0 rings (SSSR count). The fourth-order valence-corrected chi connectivity index (χ4v) is 0. The summed E-state index contributed by atoms with van der Waals surface area (Å²) in [5.41, 5.74) is 0. The van der Waals surface area contributed by atoms with Crippen LogP contribution in [0.4, 0.5) is 0 Å². The van der Waals surface area contributed by atoms with E-state index < -0.39 is 0 Å². The molecule has 1 radical (unpaired) electrons. The number of rotatable bonds is 0. The van der Waals surface area contributed by atoms with Crippen LogP contribution in [0.15, 0.2) is 0 Å². The summed E-state index contributed by atoms with van der Waals surface area (Å²) in [4.78, 5) is 0. The smallest absolute Gasteiger partial charge is 0 e. The van der Waals surface area contributed by atoms with Crippen molar-refractivity contribution in [1.82, 2.24) is 0 Å². The van der Waals surface area contributed by atoms with Crippen molar-refractivity contribution in [1.29, 1.82) is 0 Å². The van der Waals surface area contributed by atoms with E-state index in [4.69, 9.17) is 0 Å². The van der Waals surface area contributed by atoms with Crippen molar-refractivity contribution in [2.24, 2.45) is 0 Å². The van der Waals surface area contributed by atoms with Crippen molar-refractivity contribution >= 4 is 93.5 Å². The molecule has 0 bridgehead atoms. The Hall–Kier alpha value is 4.99. The van der Waals surface area contributed by atoms with Gasteiger partial charge in [0.1, 0.15) is 0 Å². The second kappa shape index (κ2) is 44.1. The van der Waals surface area contributed by atoms with Crippen LogP contribution < -0.4 is 0 Å². The fourth-order valence-electron chi connectivity index (χ4n) is 0. The monoisotopic (exact) mass is 403 g/mol. The summed E-state index contributed by atoms with van der Waals surface area (Å²) >= 11 is 0. The average molecular weight is 404 g/mol. The summed E-state index contributed by atoms with van der Waals surface area (Å²) in [6.07, 6.45) is 0. The maximum absolute atomic E-state index is 0. The first-order chi connectivity index (χ1) is 0. The third-order valence-corrected chi connectivity index (χ3v) is 0. The van der Waals surface area contributed by atoms with E-state index in [2.05, 4.69) is 0 Å². The van der Waals surface area contributed by atoms with E-state index in [9.17, 15) is 0 Å². The first-order valence-corrected chi connectivity index (χ1v) is 0. The average Bonchev–Trinajstić information content (AvgIpc) is 0. The summed E-state index contributed by atoms with van der Waals surface area (Å²) in [6, 6.07) is 0. The Morgan fingerprint density at radius 1 is 1.00 bits per heavy atom. The molecule has 0 fully saturated rings. The van der Waals surface area contributed by atoms with Gasteiger partial charge in [-0.15, -0.1) is 0 Å². The molecule has 0 aliphatic carbocycles. The van der Waals surface area contributed by atoms with E-state index in [1.165, 1.54) is 0 Å². The minimum absolute atomic E-state index is 0. The van der Waals surface area contributed by atoms with E-state index in [1.807, 2.05) is 0 Å². The third kappa shape index (κ3) is 35.7. The zero-order valence-corrected chi connectivity index (χ0v) is 8.39. The van der Waals surface area contributed by atoms with Crippen molar-refractivity contribution in [3.8, 4) is 0 Å². The molecular weight excluding hydrogens is 395 g/mol. The molecule has 0 heterocycles. The van der Waals surface area contributed by atoms with Gasteiger partial charge in [0.15, 0.2) is 17.4 Å². The standard InChI is InChI=1S/Al.BH3.Ba.Li.Ni.Y.Zn.6H/h;1H3;;;;;;;;;;;. The fraction of sp³-hybridized carbons (Fsp3) is 0. The minimum atomic E-state index is 0. The molecule has 0 aliphatic rings. The van der Waals surface area contributed by atoms with Crippen molar-refractivity contribution in [2.45, 2.75) is 0 Å². The van der Waals surface area contributed by atoms with Gasteiger partial charge in [-0.25, -0.2) is 0 Å². The van der Waals surface area contributed by atoms with Crippen molar-refractivity contribution in [2.75, 3.05) is 0 Å². The molecule has 33 valence electrons. The van der Waals surface area contributed by atoms with Crippen LogP contribution in [0.1, 0.15) is 0 Å². The van der Waals surface area contributed by atoms with Crippen LogP contribution in [0.3, 0.4) is 0 Å². The van der Waals surface area contributed by atoms with Gasteiger partial charge < -0.3 is 0 Å². The SMILES string of the molecule is B.[AlH3].[BaH2].[LiH].[Ni].[Y].[Zn]. The Bertz CT molecular complexity index is 19.7. The van der Waals surface area contributed by atoms with E-state index in [0.29, 0.717) is 0 Å². The van der Waals surface area contributed by atoms with Gasteiger partial charge in [-0.1, -0.05) is 0 Å². The van der Waals surface area contributed by atoms with Gasteiger partial charge in [0.05, 0.1) is 8.41 Å². The predicted octanol–water partition coefficient (Wildman–Crippen LogP) is -3.94. The Morgan fingerprint density at radius 2 is 1.00 bits per heavy atom. The van der Waals surface area contributed by atoms with E-state index in [0.717, 1.165) is 0 Å². The number of hydrogen-bond donors (Lipinski definition) is 0. The molecule has 0 aromatic carbocycles. The molecule has 0 aromatic rings. The quantitative estimate of drug-likeness (QED) is 0.362. The number of hydrogen-bond acceptors (Lipinski definition) is 0.